The first-order chi connectivity index (χ1) is 13.3. The van der Waals surface area contributed by atoms with Crippen molar-refractivity contribution in [2.75, 3.05) is 13.2 Å². The maximum atomic E-state index is 12.5. The van der Waals surface area contributed by atoms with Crippen LogP contribution >= 0.6 is 0 Å². The lowest BCUT2D eigenvalue weighted by atomic mass is 10.0. The average Bonchev–Trinajstić information content (AvgIpc) is 2.93. The molecule has 148 valence electrons. The fraction of sp³-hybridized carbons (Fsp3) is 0.350. The van der Waals surface area contributed by atoms with Crippen LogP contribution in [0.4, 0.5) is 4.79 Å². The van der Waals surface area contributed by atoms with Gasteiger partial charge in [-0.2, -0.15) is 0 Å². The minimum atomic E-state index is -0.562. The normalized spacial score (nSPS) is 16.6. The standard InChI is InChI=1S/C20H23N3O5/c1-5-27-19(25)17-12(4)22-20(26)23-16(17)9-28-18(24)13-6-7-15-14(8-13)10(2)11(3)21-15/h6-8,12,21H,5,9H2,1-4H3,(H2,22,23,26)/t12-/m0/s1. The minimum absolute atomic E-state index is 0.200. The predicted octanol–water partition coefficient (Wildman–Crippen LogP) is 2.46. The molecule has 3 N–H and O–H groups in total. The molecule has 0 saturated carbocycles. The van der Waals surface area contributed by atoms with Crippen LogP contribution < -0.4 is 10.6 Å². The Hall–Kier alpha value is -3.29. The second-order valence-corrected chi connectivity index (χ2v) is 6.64. The lowest BCUT2D eigenvalue weighted by Gasteiger charge is -2.26. The summed E-state index contributed by atoms with van der Waals surface area (Å²) < 4.78 is 10.4. The van der Waals surface area contributed by atoms with E-state index in [0.717, 1.165) is 22.2 Å². The van der Waals surface area contributed by atoms with Crippen molar-refractivity contribution in [3.8, 4) is 0 Å². The van der Waals surface area contributed by atoms with Crippen molar-refractivity contribution in [1.29, 1.82) is 0 Å². The van der Waals surface area contributed by atoms with E-state index in [2.05, 4.69) is 15.6 Å². The number of fused-ring (bicyclic) bond motifs is 1. The van der Waals surface area contributed by atoms with Crippen LogP contribution in [0.5, 0.6) is 0 Å². The van der Waals surface area contributed by atoms with Crippen LogP contribution in [0.15, 0.2) is 29.5 Å². The molecule has 1 aliphatic heterocycles. The zero-order valence-electron chi connectivity index (χ0n) is 16.3. The molecule has 2 aromatic rings. The van der Waals surface area contributed by atoms with Gasteiger partial charge in [0.05, 0.1) is 29.5 Å². The fourth-order valence-corrected chi connectivity index (χ4v) is 3.20. The van der Waals surface area contributed by atoms with E-state index in [9.17, 15) is 14.4 Å². The summed E-state index contributed by atoms with van der Waals surface area (Å²) in [5, 5.41) is 6.07. The number of urea groups is 1. The second-order valence-electron chi connectivity index (χ2n) is 6.64. The van der Waals surface area contributed by atoms with Gasteiger partial charge in [0.25, 0.3) is 0 Å². The van der Waals surface area contributed by atoms with Crippen LogP contribution in [0.2, 0.25) is 0 Å². The van der Waals surface area contributed by atoms with Crippen LogP contribution in [0, 0.1) is 13.8 Å². The molecule has 8 nitrogen and oxygen atoms in total. The molecule has 1 atom stereocenters. The number of carbonyl (C=O) groups is 3. The smallest absolute Gasteiger partial charge is 0.338 e. The summed E-state index contributed by atoms with van der Waals surface area (Å²) in [6.45, 7) is 7.26. The number of carbonyl (C=O) groups excluding carboxylic acids is 3. The first-order valence-corrected chi connectivity index (χ1v) is 9.05. The molecule has 0 radical (unpaired) electrons. The van der Waals surface area contributed by atoms with Crippen molar-refractivity contribution in [2.45, 2.75) is 33.7 Å². The molecule has 2 heterocycles. The summed E-state index contributed by atoms with van der Waals surface area (Å²) in [4.78, 5) is 39.7. The zero-order chi connectivity index (χ0) is 20.4. The molecule has 2 amide bonds. The van der Waals surface area contributed by atoms with Gasteiger partial charge in [-0.25, -0.2) is 14.4 Å². The summed E-state index contributed by atoms with van der Waals surface area (Å²) in [5.41, 5.74) is 3.90. The van der Waals surface area contributed by atoms with Crippen molar-refractivity contribution in [3.05, 3.63) is 46.3 Å². The first-order valence-electron chi connectivity index (χ1n) is 9.05. The summed E-state index contributed by atoms with van der Waals surface area (Å²) in [6.07, 6.45) is 0. The zero-order valence-corrected chi connectivity index (χ0v) is 16.3. The quantitative estimate of drug-likeness (QED) is 0.685. The number of rotatable bonds is 5. The Balaban J connectivity index is 1.81. The van der Waals surface area contributed by atoms with E-state index in [0.29, 0.717) is 5.56 Å². The Morgan fingerprint density at radius 3 is 2.61 bits per heavy atom. The second kappa shape index (κ2) is 7.75. The van der Waals surface area contributed by atoms with Crippen molar-refractivity contribution in [1.82, 2.24) is 15.6 Å². The number of aryl methyl sites for hydroxylation is 2. The number of H-pyrrole nitrogens is 1. The van der Waals surface area contributed by atoms with Crippen LogP contribution in [-0.2, 0) is 14.3 Å². The third-order valence-corrected chi connectivity index (χ3v) is 4.76. The Morgan fingerprint density at radius 1 is 1.14 bits per heavy atom. The van der Waals surface area contributed by atoms with Crippen molar-refractivity contribution in [3.63, 3.8) is 0 Å². The highest BCUT2D eigenvalue weighted by Crippen LogP contribution is 2.23. The molecule has 8 heteroatoms. The van der Waals surface area contributed by atoms with E-state index in [1.807, 2.05) is 19.9 Å². The summed E-state index contributed by atoms with van der Waals surface area (Å²) >= 11 is 0. The van der Waals surface area contributed by atoms with Gasteiger partial charge in [0.15, 0.2) is 0 Å². The number of hydrogen-bond donors (Lipinski definition) is 3. The van der Waals surface area contributed by atoms with Crippen LogP contribution in [0.1, 0.15) is 35.5 Å². The number of aromatic amines is 1. The molecule has 0 saturated heterocycles. The number of benzene rings is 1. The SMILES string of the molecule is CCOC(=O)C1=C(COC(=O)c2ccc3[nH]c(C)c(C)c3c2)NC(=O)N[C@H]1C. The van der Waals surface area contributed by atoms with Gasteiger partial charge < -0.3 is 25.1 Å². The van der Waals surface area contributed by atoms with Crippen LogP contribution in [0.3, 0.4) is 0 Å². The molecule has 3 rings (SSSR count). The van der Waals surface area contributed by atoms with E-state index in [1.165, 1.54) is 0 Å². The minimum Gasteiger partial charge on any atom is -0.463 e. The lowest BCUT2D eigenvalue weighted by Crippen LogP contribution is -2.50. The van der Waals surface area contributed by atoms with E-state index >= 15 is 0 Å². The molecular weight excluding hydrogens is 362 g/mol. The summed E-state index contributed by atoms with van der Waals surface area (Å²) in [5.74, 6) is -1.11. The van der Waals surface area contributed by atoms with E-state index in [4.69, 9.17) is 9.47 Å². The highest BCUT2D eigenvalue weighted by atomic mass is 16.5. The number of amides is 2. The average molecular weight is 385 g/mol. The third kappa shape index (κ3) is 3.71. The molecule has 1 aliphatic rings. The van der Waals surface area contributed by atoms with E-state index in [1.54, 1.807) is 26.0 Å². The molecule has 1 aromatic heterocycles. The number of ether oxygens (including phenoxy) is 2. The third-order valence-electron chi connectivity index (χ3n) is 4.76. The first kappa shape index (κ1) is 19.5. The van der Waals surface area contributed by atoms with E-state index < -0.39 is 24.0 Å². The molecule has 0 aliphatic carbocycles. The molecule has 1 aromatic carbocycles. The van der Waals surface area contributed by atoms with Crippen LogP contribution in [0.25, 0.3) is 10.9 Å². The largest absolute Gasteiger partial charge is 0.463 e. The molecule has 0 bridgehead atoms. The van der Waals surface area contributed by atoms with Gasteiger partial charge in [0, 0.05) is 16.6 Å². The Kier molecular flexibility index (Phi) is 5.39. The monoisotopic (exact) mass is 385 g/mol. The molecule has 28 heavy (non-hydrogen) atoms. The summed E-state index contributed by atoms with van der Waals surface area (Å²) in [6, 6.07) is 4.24. The number of aromatic nitrogens is 1. The Bertz CT molecular complexity index is 989. The topological polar surface area (TPSA) is 110 Å². The van der Waals surface area contributed by atoms with Gasteiger partial charge in [0.1, 0.15) is 6.61 Å². The van der Waals surface area contributed by atoms with Gasteiger partial charge in [-0.1, -0.05) is 0 Å². The molecule has 0 fully saturated rings. The van der Waals surface area contributed by atoms with Crippen LogP contribution in [-0.4, -0.2) is 42.2 Å². The lowest BCUT2D eigenvalue weighted by molar-refractivity contribution is -0.139. The highest BCUT2D eigenvalue weighted by Gasteiger charge is 2.30. The number of esters is 2. The van der Waals surface area contributed by atoms with Gasteiger partial charge in [-0.3, -0.25) is 0 Å². The van der Waals surface area contributed by atoms with Gasteiger partial charge >= 0.3 is 18.0 Å². The predicted molar refractivity (Wildman–Crippen MR) is 103 cm³/mol. The Morgan fingerprint density at radius 2 is 1.89 bits per heavy atom. The van der Waals surface area contributed by atoms with Crippen molar-refractivity contribution < 1.29 is 23.9 Å². The number of nitrogens with one attached hydrogen (secondary N) is 3. The van der Waals surface area contributed by atoms with Crippen molar-refractivity contribution in [2.24, 2.45) is 0 Å². The van der Waals surface area contributed by atoms with Gasteiger partial charge in [0.2, 0.25) is 0 Å². The van der Waals surface area contributed by atoms with E-state index in [-0.39, 0.29) is 24.5 Å². The fourth-order valence-electron chi connectivity index (χ4n) is 3.20. The molecule has 0 spiro atoms. The maximum Gasteiger partial charge on any atom is 0.338 e. The maximum absolute atomic E-state index is 12.5. The number of hydrogen-bond acceptors (Lipinski definition) is 5. The van der Waals surface area contributed by atoms with Gasteiger partial charge in [-0.05, 0) is 51.5 Å². The van der Waals surface area contributed by atoms with Crippen molar-refractivity contribution >= 4 is 28.9 Å². The molecular formula is C20H23N3O5. The highest BCUT2D eigenvalue weighted by molar-refractivity contribution is 5.97. The summed E-state index contributed by atoms with van der Waals surface area (Å²) in [7, 11) is 0. The molecule has 0 unspecified atom stereocenters. The Labute approximate surface area is 162 Å². The van der Waals surface area contributed by atoms with Gasteiger partial charge in [-0.15, -0.1) is 0 Å².